The summed E-state index contributed by atoms with van der Waals surface area (Å²) in [5.41, 5.74) is 1.80. The van der Waals surface area contributed by atoms with E-state index in [0.717, 1.165) is 6.04 Å². The minimum Gasteiger partial charge on any atom is -0.380 e. The molecule has 0 saturated carbocycles. The fraction of sp³-hybridized carbons (Fsp3) is 0.529. The molecule has 0 fully saturated rings. The molecule has 0 unspecified atom stereocenters. The Bertz CT molecular complexity index is 444. The van der Waals surface area contributed by atoms with Gasteiger partial charge in [-0.3, -0.25) is 0 Å². The van der Waals surface area contributed by atoms with Crippen molar-refractivity contribution < 1.29 is 0 Å². The average Bonchev–Trinajstić information content (AvgIpc) is 2.73. The number of hydrogen-bond acceptors (Lipinski definition) is 2. The second kappa shape index (κ2) is 5.28. The van der Waals surface area contributed by atoms with Gasteiger partial charge < -0.3 is 9.13 Å². The minimum atomic E-state index is -0.800. The molecule has 1 aliphatic heterocycles. The van der Waals surface area contributed by atoms with Crippen LogP contribution in [-0.4, -0.2) is 29.3 Å². The van der Waals surface area contributed by atoms with Crippen LogP contribution in [0.1, 0.15) is 47.1 Å². The zero-order chi connectivity index (χ0) is 15.0. The van der Waals surface area contributed by atoms with Gasteiger partial charge in [0.25, 0.3) is 0 Å². The summed E-state index contributed by atoms with van der Waals surface area (Å²) in [5, 5.41) is 0. The van der Waals surface area contributed by atoms with E-state index in [0.29, 0.717) is 0 Å². The summed E-state index contributed by atoms with van der Waals surface area (Å²) in [7, 11) is -0.800. The van der Waals surface area contributed by atoms with Gasteiger partial charge in [0.05, 0.1) is 0 Å². The third-order valence-corrected chi connectivity index (χ3v) is 7.05. The summed E-state index contributed by atoms with van der Waals surface area (Å²) in [6.45, 7) is 13.8. The molecule has 0 aliphatic carbocycles. The number of hydrogen-bond donors (Lipinski definition) is 0. The van der Waals surface area contributed by atoms with Crippen molar-refractivity contribution in [3.63, 3.8) is 0 Å². The van der Waals surface area contributed by atoms with Crippen LogP contribution in [-0.2, 0) is 6.04 Å². The van der Waals surface area contributed by atoms with Crippen molar-refractivity contribution in [3.8, 4) is 0 Å². The molecule has 0 spiro atoms. The maximum Gasteiger partial charge on any atom is 0.302 e. The van der Waals surface area contributed by atoms with Gasteiger partial charge in [-0.05, 0) is 47.1 Å². The third-order valence-electron chi connectivity index (χ3n) is 3.57. The lowest BCUT2D eigenvalue weighted by Gasteiger charge is -2.43. The van der Waals surface area contributed by atoms with Crippen molar-refractivity contribution >= 4 is 9.12 Å². The van der Waals surface area contributed by atoms with Gasteiger partial charge in [0, 0.05) is 29.5 Å². The lowest BCUT2D eigenvalue weighted by Crippen LogP contribution is -2.57. The van der Waals surface area contributed by atoms with Crippen molar-refractivity contribution in [2.24, 2.45) is 0 Å². The van der Waals surface area contributed by atoms with E-state index >= 15 is 0 Å². The van der Waals surface area contributed by atoms with Crippen LogP contribution in [0.25, 0.3) is 0 Å². The molecule has 0 amide bonds. The van der Waals surface area contributed by atoms with Crippen LogP contribution >= 0.6 is 0 Å². The Hall–Kier alpha value is -1.22. The van der Waals surface area contributed by atoms with Crippen molar-refractivity contribution in [2.75, 3.05) is 0 Å². The van der Waals surface area contributed by atoms with Gasteiger partial charge in [-0.2, -0.15) is 0 Å². The molecule has 1 aromatic rings. The van der Waals surface area contributed by atoms with Gasteiger partial charge >= 0.3 is 9.12 Å². The smallest absolute Gasteiger partial charge is 0.302 e. The molecule has 1 radical (unpaired) electrons. The lowest BCUT2D eigenvalue weighted by molar-refractivity contribution is 0.279. The van der Waals surface area contributed by atoms with Crippen LogP contribution in [0.5, 0.6) is 0 Å². The zero-order valence-corrected chi connectivity index (χ0v) is 14.6. The topological polar surface area (TPSA) is 6.48 Å². The van der Waals surface area contributed by atoms with E-state index in [9.17, 15) is 0 Å². The Kier molecular flexibility index (Phi) is 4.01. The number of nitrogens with zero attached hydrogens (tertiary/aromatic N) is 2. The molecule has 2 nitrogen and oxygen atoms in total. The average molecular weight is 288 g/mol. The summed E-state index contributed by atoms with van der Waals surface area (Å²) in [6, 6.07) is 12.0. The van der Waals surface area contributed by atoms with Gasteiger partial charge in [0.1, 0.15) is 0 Å². The minimum absolute atomic E-state index is 0.180. The first-order valence-electron chi connectivity index (χ1n) is 7.36. The molecule has 109 valence electrons. The molecule has 3 heteroatoms. The molecule has 0 aromatic heterocycles. The van der Waals surface area contributed by atoms with Crippen LogP contribution in [0, 0.1) is 0 Å². The Morgan fingerprint density at radius 2 is 1.25 bits per heavy atom. The van der Waals surface area contributed by atoms with Crippen molar-refractivity contribution in [2.45, 2.75) is 58.7 Å². The van der Waals surface area contributed by atoms with Crippen molar-refractivity contribution in [1.29, 1.82) is 0 Å². The summed E-state index contributed by atoms with van der Waals surface area (Å²) < 4.78 is 5.16. The normalized spacial score (nSPS) is 17.1. The fourth-order valence-corrected chi connectivity index (χ4v) is 5.79. The predicted octanol–water partition coefficient (Wildman–Crippen LogP) is 3.94. The van der Waals surface area contributed by atoms with Gasteiger partial charge in [0.2, 0.25) is 0 Å². The summed E-state index contributed by atoms with van der Waals surface area (Å²) in [4.78, 5) is 0. The van der Waals surface area contributed by atoms with Crippen LogP contribution in [0.4, 0.5) is 0 Å². The first-order chi connectivity index (χ1) is 9.19. The quantitative estimate of drug-likeness (QED) is 0.760. The molecule has 1 heterocycles. The highest BCUT2D eigenvalue weighted by Crippen LogP contribution is 2.30. The Morgan fingerprint density at radius 3 is 1.65 bits per heavy atom. The molecule has 2 rings (SSSR count). The highest BCUT2D eigenvalue weighted by Gasteiger charge is 2.40. The fourth-order valence-electron chi connectivity index (χ4n) is 2.59. The van der Waals surface area contributed by atoms with E-state index < -0.39 is 9.12 Å². The first kappa shape index (κ1) is 15.2. The number of rotatable bonds is 2. The summed E-state index contributed by atoms with van der Waals surface area (Å²) in [6.07, 6.45) is 4.59. The first-order valence-corrected chi connectivity index (χ1v) is 8.96. The lowest BCUT2D eigenvalue weighted by atomic mass is 10.1. The standard InChI is InChI=1S/C17H27N2Si/c1-16(2,3)18-12-13-19(17(4,5)6)20(18)14-15-10-8-7-9-11-15/h7-13H,14H2,1-6H3. The van der Waals surface area contributed by atoms with Crippen LogP contribution in [0.15, 0.2) is 42.7 Å². The van der Waals surface area contributed by atoms with Gasteiger partial charge in [-0.15, -0.1) is 0 Å². The van der Waals surface area contributed by atoms with Crippen molar-refractivity contribution in [1.82, 2.24) is 9.13 Å². The molecule has 1 aromatic carbocycles. The van der Waals surface area contributed by atoms with Gasteiger partial charge in [-0.25, -0.2) is 0 Å². The Balaban J connectivity index is 2.27. The summed E-state index contributed by atoms with van der Waals surface area (Å²) in [5.74, 6) is 0. The van der Waals surface area contributed by atoms with Gasteiger partial charge in [0.15, 0.2) is 0 Å². The molecule has 1 aliphatic rings. The van der Waals surface area contributed by atoms with E-state index in [4.69, 9.17) is 0 Å². The summed E-state index contributed by atoms with van der Waals surface area (Å²) >= 11 is 0. The van der Waals surface area contributed by atoms with Crippen LogP contribution in [0.2, 0.25) is 0 Å². The molecule has 0 N–H and O–H groups in total. The Morgan fingerprint density at radius 1 is 0.800 bits per heavy atom. The zero-order valence-electron chi connectivity index (χ0n) is 13.6. The monoisotopic (exact) mass is 287 g/mol. The molecule has 0 atom stereocenters. The third kappa shape index (κ3) is 3.26. The largest absolute Gasteiger partial charge is 0.380 e. The maximum atomic E-state index is 2.58. The van der Waals surface area contributed by atoms with Gasteiger partial charge in [-0.1, -0.05) is 30.3 Å². The second-order valence-corrected chi connectivity index (χ2v) is 9.61. The van der Waals surface area contributed by atoms with E-state index in [1.807, 2.05) is 0 Å². The molecular weight excluding hydrogens is 260 g/mol. The SMILES string of the molecule is CC(C)(C)N1C=CN(C(C)(C)C)[Si]1Cc1ccccc1. The molecule has 0 saturated heterocycles. The van der Waals surface area contributed by atoms with Crippen LogP contribution < -0.4 is 0 Å². The molecule has 0 bridgehead atoms. The van der Waals surface area contributed by atoms with E-state index in [2.05, 4.69) is 93.4 Å². The highest BCUT2D eigenvalue weighted by molar-refractivity contribution is 6.54. The van der Waals surface area contributed by atoms with E-state index in [1.54, 1.807) is 0 Å². The van der Waals surface area contributed by atoms with E-state index in [-0.39, 0.29) is 11.1 Å². The van der Waals surface area contributed by atoms with Crippen molar-refractivity contribution in [3.05, 3.63) is 48.3 Å². The number of benzene rings is 1. The molecular formula is C17H27N2Si. The van der Waals surface area contributed by atoms with E-state index in [1.165, 1.54) is 5.56 Å². The highest BCUT2D eigenvalue weighted by atomic mass is 28.3. The predicted molar refractivity (Wildman–Crippen MR) is 88.2 cm³/mol. The second-order valence-electron chi connectivity index (χ2n) is 7.46. The maximum absolute atomic E-state index is 2.58. The van der Waals surface area contributed by atoms with Crippen LogP contribution in [0.3, 0.4) is 0 Å². The Labute approximate surface area is 125 Å². The molecule has 20 heavy (non-hydrogen) atoms.